The van der Waals surface area contributed by atoms with Gasteiger partial charge in [-0.2, -0.15) is 0 Å². The van der Waals surface area contributed by atoms with E-state index in [4.69, 9.17) is 4.74 Å². The maximum atomic E-state index is 10.7. The molecule has 0 amide bonds. The van der Waals surface area contributed by atoms with Gasteiger partial charge in [0.05, 0.1) is 5.60 Å². The van der Waals surface area contributed by atoms with Crippen LogP contribution in [0.15, 0.2) is 54.6 Å². The Hall–Kier alpha value is -1.64. The lowest BCUT2D eigenvalue weighted by atomic mass is 9.85. The summed E-state index contributed by atoms with van der Waals surface area (Å²) >= 11 is 0. The fourth-order valence-electron chi connectivity index (χ4n) is 2.83. The van der Waals surface area contributed by atoms with Crippen molar-refractivity contribution in [1.29, 1.82) is 0 Å². The van der Waals surface area contributed by atoms with Crippen molar-refractivity contribution in [2.24, 2.45) is 0 Å². The van der Waals surface area contributed by atoms with Crippen molar-refractivity contribution in [3.8, 4) is 11.1 Å². The number of methoxy groups -OCH3 is 1. The molecule has 2 nitrogen and oxygen atoms in total. The average molecular weight is 284 g/mol. The van der Waals surface area contributed by atoms with Crippen LogP contribution in [-0.2, 0) is 4.74 Å². The minimum atomic E-state index is -0.609. The Kier molecular flexibility index (Phi) is 5.16. The largest absolute Gasteiger partial charge is 0.385 e. The SMILES string of the molecule is CCC(CC)(OC)C(O)c1ccc(-c2ccccc2)cc1. The highest BCUT2D eigenvalue weighted by molar-refractivity contribution is 5.63. The number of ether oxygens (including phenoxy) is 1. The molecule has 1 N–H and O–H groups in total. The van der Waals surface area contributed by atoms with Gasteiger partial charge in [0, 0.05) is 7.11 Å². The molecule has 112 valence electrons. The molecule has 0 bridgehead atoms. The normalized spacial score (nSPS) is 13.1. The molecule has 0 saturated carbocycles. The fraction of sp³-hybridized carbons (Fsp3) is 0.368. The highest BCUT2D eigenvalue weighted by Crippen LogP contribution is 2.35. The van der Waals surface area contributed by atoms with Crippen LogP contribution in [0.5, 0.6) is 0 Å². The van der Waals surface area contributed by atoms with Crippen LogP contribution in [0.1, 0.15) is 38.4 Å². The van der Waals surface area contributed by atoms with Crippen LogP contribution in [0.3, 0.4) is 0 Å². The third kappa shape index (κ3) is 3.17. The van der Waals surface area contributed by atoms with Gasteiger partial charge >= 0.3 is 0 Å². The van der Waals surface area contributed by atoms with Crippen LogP contribution < -0.4 is 0 Å². The molecule has 2 aromatic carbocycles. The lowest BCUT2D eigenvalue weighted by Gasteiger charge is -2.35. The smallest absolute Gasteiger partial charge is 0.108 e. The van der Waals surface area contributed by atoms with Gasteiger partial charge in [0.15, 0.2) is 0 Å². The zero-order valence-electron chi connectivity index (χ0n) is 13.0. The van der Waals surface area contributed by atoms with Gasteiger partial charge in [-0.05, 0) is 29.5 Å². The quantitative estimate of drug-likeness (QED) is 0.840. The Morgan fingerprint density at radius 2 is 1.43 bits per heavy atom. The topological polar surface area (TPSA) is 29.5 Å². The van der Waals surface area contributed by atoms with E-state index < -0.39 is 11.7 Å². The minimum Gasteiger partial charge on any atom is -0.385 e. The summed E-state index contributed by atoms with van der Waals surface area (Å²) in [5.74, 6) is 0. The molecule has 0 aliphatic carbocycles. The Morgan fingerprint density at radius 1 is 0.905 bits per heavy atom. The second kappa shape index (κ2) is 6.88. The van der Waals surface area contributed by atoms with Crippen LogP contribution in [0.2, 0.25) is 0 Å². The number of hydrogen-bond acceptors (Lipinski definition) is 2. The van der Waals surface area contributed by atoms with Gasteiger partial charge in [-0.3, -0.25) is 0 Å². The first-order valence-electron chi connectivity index (χ1n) is 7.55. The zero-order valence-corrected chi connectivity index (χ0v) is 13.0. The summed E-state index contributed by atoms with van der Waals surface area (Å²) in [6.07, 6.45) is 0.950. The van der Waals surface area contributed by atoms with E-state index >= 15 is 0 Å². The van der Waals surface area contributed by atoms with Gasteiger partial charge in [0.2, 0.25) is 0 Å². The van der Waals surface area contributed by atoms with Crippen LogP contribution in [0.25, 0.3) is 11.1 Å². The predicted octanol–water partition coefficient (Wildman–Crippen LogP) is 4.59. The molecule has 0 heterocycles. The first-order chi connectivity index (χ1) is 10.2. The van der Waals surface area contributed by atoms with E-state index in [2.05, 4.69) is 38.1 Å². The maximum absolute atomic E-state index is 10.7. The van der Waals surface area contributed by atoms with Crippen molar-refractivity contribution >= 4 is 0 Å². The van der Waals surface area contributed by atoms with E-state index in [9.17, 15) is 5.11 Å². The van der Waals surface area contributed by atoms with Crippen molar-refractivity contribution in [3.63, 3.8) is 0 Å². The molecule has 0 aromatic heterocycles. The van der Waals surface area contributed by atoms with Crippen LogP contribution in [0, 0.1) is 0 Å². The number of aliphatic hydroxyl groups is 1. The Morgan fingerprint density at radius 3 is 1.90 bits per heavy atom. The van der Waals surface area contributed by atoms with E-state index in [1.807, 2.05) is 30.3 Å². The lowest BCUT2D eigenvalue weighted by molar-refractivity contribution is -0.109. The molecule has 0 aliphatic heterocycles. The van der Waals surface area contributed by atoms with Gasteiger partial charge in [0.25, 0.3) is 0 Å². The van der Waals surface area contributed by atoms with E-state index in [1.165, 1.54) is 5.56 Å². The number of benzene rings is 2. The van der Waals surface area contributed by atoms with Crippen molar-refractivity contribution in [1.82, 2.24) is 0 Å². The summed E-state index contributed by atoms with van der Waals surface area (Å²) in [5, 5.41) is 10.7. The van der Waals surface area contributed by atoms with E-state index in [1.54, 1.807) is 7.11 Å². The second-order valence-corrected chi connectivity index (χ2v) is 5.37. The van der Waals surface area contributed by atoms with Crippen LogP contribution in [-0.4, -0.2) is 17.8 Å². The highest BCUT2D eigenvalue weighted by Gasteiger charge is 2.35. The molecule has 0 aliphatic rings. The summed E-state index contributed by atoms with van der Waals surface area (Å²) in [6.45, 7) is 4.10. The zero-order chi connectivity index (χ0) is 15.3. The first kappa shape index (κ1) is 15.7. The molecule has 21 heavy (non-hydrogen) atoms. The lowest BCUT2D eigenvalue weighted by Crippen LogP contribution is -2.37. The Bertz CT molecular complexity index is 533. The number of aliphatic hydroxyl groups excluding tert-OH is 1. The highest BCUT2D eigenvalue weighted by atomic mass is 16.5. The summed E-state index contributed by atoms with van der Waals surface area (Å²) in [4.78, 5) is 0. The molecule has 2 heteroatoms. The standard InChI is InChI=1S/C19H24O2/c1-4-19(5-2,21-3)18(20)17-13-11-16(12-14-17)15-9-7-6-8-10-15/h6-14,18,20H,4-5H2,1-3H3. The molecular formula is C19H24O2. The summed E-state index contributed by atoms with van der Waals surface area (Å²) in [6, 6.07) is 18.3. The molecule has 0 spiro atoms. The summed E-state index contributed by atoms with van der Waals surface area (Å²) in [5.41, 5.74) is 2.74. The minimum absolute atomic E-state index is 0.506. The third-order valence-electron chi connectivity index (χ3n) is 4.44. The summed E-state index contributed by atoms with van der Waals surface area (Å²) < 4.78 is 5.62. The van der Waals surface area contributed by atoms with Gasteiger partial charge in [-0.25, -0.2) is 0 Å². The predicted molar refractivity (Wildman–Crippen MR) is 87.2 cm³/mol. The Labute approximate surface area is 127 Å². The number of rotatable bonds is 6. The number of hydrogen-bond donors (Lipinski definition) is 1. The second-order valence-electron chi connectivity index (χ2n) is 5.37. The third-order valence-corrected chi connectivity index (χ3v) is 4.44. The van der Waals surface area contributed by atoms with E-state index in [0.29, 0.717) is 0 Å². The average Bonchev–Trinajstić information content (AvgIpc) is 2.58. The molecule has 1 unspecified atom stereocenters. The van der Waals surface area contributed by atoms with Crippen molar-refractivity contribution in [2.75, 3.05) is 7.11 Å². The first-order valence-corrected chi connectivity index (χ1v) is 7.55. The molecule has 0 saturated heterocycles. The van der Waals surface area contributed by atoms with E-state index in [0.717, 1.165) is 24.0 Å². The monoisotopic (exact) mass is 284 g/mol. The fourth-order valence-corrected chi connectivity index (χ4v) is 2.83. The van der Waals surface area contributed by atoms with E-state index in [-0.39, 0.29) is 0 Å². The Balaban J connectivity index is 2.26. The van der Waals surface area contributed by atoms with Gasteiger partial charge < -0.3 is 9.84 Å². The van der Waals surface area contributed by atoms with Gasteiger partial charge in [-0.1, -0.05) is 68.4 Å². The van der Waals surface area contributed by atoms with Crippen LogP contribution >= 0.6 is 0 Å². The molecule has 0 radical (unpaired) electrons. The van der Waals surface area contributed by atoms with Crippen LogP contribution in [0.4, 0.5) is 0 Å². The van der Waals surface area contributed by atoms with Gasteiger partial charge in [0.1, 0.15) is 6.10 Å². The molecule has 2 rings (SSSR count). The molecule has 2 aromatic rings. The van der Waals surface area contributed by atoms with Crippen molar-refractivity contribution < 1.29 is 9.84 Å². The molecular weight excluding hydrogens is 260 g/mol. The van der Waals surface area contributed by atoms with Crippen molar-refractivity contribution in [2.45, 2.75) is 38.4 Å². The van der Waals surface area contributed by atoms with Gasteiger partial charge in [-0.15, -0.1) is 0 Å². The molecule has 0 fully saturated rings. The summed E-state index contributed by atoms with van der Waals surface area (Å²) in [7, 11) is 1.68. The van der Waals surface area contributed by atoms with Crippen molar-refractivity contribution in [3.05, 3.63) is 60.2 Å². The maximum Gasteiger partial charge on any atom is 0.108 e. The molecule has 1 atom stereocenters.